The van der Waals surface area contributed by atoms with E-state index in [-0.39, 0.29) is 11.5 Å². The van der Waals surface area contributed by atoms with Gasteiger partial charge in [0.15, 0.2) is 0 Å². The number of hydrogen-bond acceptors (Lipinski definition) is 2. The highest BCUT2D eigenvalue weighted by atomic mass is 32.1. The fourth-order valence-corrected chi connectivity index (χ4v) is 4.32. The number of thiophene rings is 1. The molecule has 1 aliphatic carbocycles. The highest BCUT2D eigenvalue weighted by Crippen LogP contribution is 2.48. The number of aliphatic hydroxyl groups is 1. The Morgan fingerprint density at radius 1 is 1.10 bits per heavy atom. The standard InChI is InChI=1S/C18H22OS/c1-14-12-15(13-20-14)17(19)18(10-6-3-7-11-18)16-8-4-2-5-9-16/h2,4-5,8-9,12-13,17,19H,3,6-7,10-11H2,1H3. The van der Waals surface area contributed by atoms with Gasteiger partial charge in [-0.1, -0.05) is 49.6 Å². The quantitative estimate of drug-likeness (QED) is 0.842. The van der Waals surface area contributed by atoms with Crippen molar-refractivity contribution in [3.05, 3.63) is 57.8 Å². The second-order valence-electron chi connectivity index (χ2n) is 5.98. The maximum atomic E-state index is 11.1. The maximum absolute atomic E-state index is 11.1. The van der Waals surface area contributed by atoms with Gasteiger partial charge >= 0.3 is 0 Å². The Morgan fingerprint density at radius 2 is 1.80 bits per heavy atom. The molecule has 1 saturated carbocycles. The predicted molar refractivity (Wildman–Crippen MR) is 85.2 cm³/mol. The molecule has 2 heteroatoms. The monoisotopic (exact) mass is 286 g/mol. The fraction of sp³-hybridized carbons (Fsp3) is 0.444. The Balaban J connectivity index is 2.01. The van der Waals surface area contributed by atoms with Gasteiger partial charge in [-0.25, -0.2) is 0 Å². The number of hydrogen-bond donors (Lipinski definition) is 1. The van der Waals surface area contributed by atoms with Crippen LogP contribution in [-0.4, -0.2) is 5.11 Å². The molecule has 1 N–H and O–H groups in total. The largest absolute Gasteiger partial charge is 0.387 e. The second kappa shape index (κ2) is 5.71. The van der Waals surface area contributed by atoms with Crippen molar-refractivity contribution in [3.63, 3.8) is 0 Å². The molecule has 0 saturated heterocycles. The average Bonchev–Trinajstić information content (AvgIpc) is 2.94. The van der Waals surface area contributed by atoms with Gasteiger partial charge in [0.05, 0.1) is 6.10 Å². The lowest BCUT2D eigenvalue weighted by molar-refractivity contribution is 0.0531. The van der Waals surface area contributed by atoms with E-state index < -0.39 is 0 Å². The van der Waals surface area contributed by atoms with Crippen molar-refractivity contribution in [2.75, 3.05) is 0 Å². The van der Waals surface area contributed by atoms with Crippen LogP contribution < -0.4 is 0 Å². The van der Waals surface area contributed by atoms with Crippen LogP contribution in [0.4, 0.5) is 0 Å². The minimum Gasteiger partial charge on any atom is -0.387 e. The third-order valence-corrected chi connectivity index (χ3v) is 5.56. The summed E-state index contributed by atoms with van der Waals surface area (Å²) < 4.78 is 0. The van der Waals surface area contributed by atoms with Gasteiger partial charge in [0, 0.05) is 10.3 Å². The zero-order chi connectivity index (χ0) is 14.0. The summed E-state index contributed by atoms with van der Waals surface area (Å²) in [6.07, 6.45) is 5.53. The Morgan fingerprint density at radius 3 is 2.40 bits per heavy atom. The van der Waals surface area contributed by atoms with Crippen LogP contribution in [0.3, 0.4) is 0 Å². The van der Waals surface area contributed by atoms with Crippen molar-refractivity contribution in [2.24, 2.45) is 0 Å². The molecular formula is C18H22OS. The smallest absolute Gasteiger partial charge is 0.0894 e. The van der Waals surface area contributed by atoms with E-state index in [0.717, 1.165) is 18.4 Å². The summed E-state index contributed by atoms with van der Waals surface area (Å²) in [6, 6.07) is 12.8. The first-order chi connectivity index (χ1) is 9.72. The van der Waals surface area contributed by atoms with Crippen molar-refractivity contribution in [2.45, 2.75) is 50.5 Å². The van der Waals surface area contributed by atoms with Crippen LogP contribution >= 0.6 is 11.3 Å². The summed E-state index contributed by atoms with van der Waals surface area (Å²) in [5.41, 5.74) is 2.31. The van der Waals surface area contributed by atoms with Gasteiger partial charge in [0.1, 0.15) is 0 Å². The molecule has 0 aliphatic heterocycles. The van der Waals surface area contributed by atoms with Gasteiger partial charge in [-0.05, 0) is 42.3 Å². The molecule has 1 heterocycles. The van der Waals surface area contributed by atoms with Gasteiger partial charge in [0.2, 0.25) is 0 Å². The van der Waals surface area contributed by atoms with Crippen molar-refractivity contribution >= 4 is 11.3 Å². The minimum absolute atomic E-state index is 0.0903. The Bertz CT molecular complexity index is 552. The van der Waals surface area contributed by atoms with Crippen LogP contribution in [0.25, 0.3) is 0 Å². The van der Waals surface area contributed by atoms with E-state index in [4.69, 9.17) is 0 Å². The molecule has 1 aromatic carbocycles. The van der Waals surface area contributed by atoms with E-state index in [0.29, 0.717) is 0 Å². The minimum atomic E-state index is -0.379. The van der Waals surface area contributed by atoms with Crippen molar-refractivity contribution in [1.29, 1.82) is 0 Å². The molecular weight excluding hydrogens is 264 g/mol. The highest BCUT2D eigenvalue weighted by molar-refractivity contribution is 7.10. The van der Waals surface area contributed by atoms with E-state index in [1.807, 2.05) is 0 Å². The van der Waals surface area contributed by atoms with E-state index in [9.17, 15) is 5.11 Å². The van der Waals surface area contributed by atoms with Crippen LogP contribution in [-0.2, 0) is 5.41 Å². The van der Waals surface area contributed by atoms with Crippen molar-refractivity contribution in [3.8, 4) is 0 Å². The van der Waals surface area contributed by atoms with Crippen LogP contribution in [0.15, 0.2) is 41.8 Å². The van der Waals surface area contributed by atoms with Crippen LogP contribution in [0.5, 0.6) is 0 Å². The lowest BCUT2D eigenvalue weighted by Crippen LogP contribution is -2.35. The van der Waals surface area contributed by atoms with Gasteiger partial charge < -0.3 is 5.11 Å². The second-order valence-corrected chi connectivity index (χ2v) is 7.09. The molecule has 1 aromatic heterocycles. The van der Waals surface area contributed by atoms with Crippen LogP contribution in [0.2, 0.25) is 0 Å². The van der Waals surface area contributed by atoms with Crippen LogP contribution in [0, 0.1) is 6.92 Å². The zero-order valence-electron chi connectivity index (χ0n) is 12.0. The van der Waals surface area contributed by atoms with Gasteiger partial charge in [-0.3, -0.25) is 0 Å². The summed E-state index contributed by atoms with van der Waals surface area (Å²) >= 11 is 1.73. The molecule has 1 aliphatic rings. The first-order valence-corrected chi connectivity index (χ1v) is 8.39. The third-order valence-electron chi connectivity index (χ3n) is 4.68. The number of aliphatic hydroxyl groups excluding tert-OH is 1. The topological polar surface area (TPSA) is 20.2 Å². The molecule has 1 fully saturated rings. The first-order valence-electron chi connectivity index (χ1n) is 7.51. The van der Waals surface area contributed by atoms with Gasteiger partial charge in [-0.2, -0.15) is 0 Å². The number of aryl methyl sites for hydroxylation is 1. The molecule has 1 atom stereocenters. The molecule has 0 bridgehead atoms. The maximum Gasteiger partial charge on any atom is 0.0894 e. The van der Waals surface area contributed by atoms with Crippen molar-refractivity contribution < 1.29 is 5.11 Å². The molecule has 20 heavy (non-hydrogen) atoms. The van der Waals surface area contributed by atoms with E-state index >= 15 is 0 Å². The molecule has 0 amide bonds. The summed E-state index contributed by atoms with van der Waals surface area (Å²) in [4.78, 5) is 1.28. The van der Waals surface area contributed by atoms with Crippen LogP contribution in [0.1, 0.15) is 54.2 Å². The molecule has 1 unspecified atom stereocenters. The molecule has 0 radical (unpaired) electrons. The van der Waals surface area contributed by atoms with Gasteiger partial charge in [0.25, 0.3) is 0 Å². The molecule has 1 nitrogen and oxygen atoms in total. The average molecular weight is 286 g/mol. The molecule has 106 valence electrons. The number of rotatable bonds is 3. The van der Waals surface area contributed by atoms with Gasteiger partial charge in [-0.15, -0.1) is 11.3 Å². The molecule has 3 rings (SSSR count). The number of benzene rings is 1. The van der Waals surface area contributed by atoms with E-state index in [2.05, 4.69) is 48.7 Å². The lowest BCUT2D eigenvalue weighted by Gasteiger charge is -2.41. The Kier molecular flexibility index (Phi) is 3.95. The molecule has 2 aromatic rings. The van der Waals surface area contributed by atoms with E-state index in [1.165, 1.54) is 29.7 Å². The fourth-order valence-electron chi connectivity index (χ4n) is 3.60. The van der Waals surface area contributed by atoms with E-state index in [1.54, 1.807) is 11.3 Å². The first kappa shape index (κ1) is 13.8. The van der Waals surface area contributed by atoms with Crippen molar-refractivity contribution in [1.82, 2.24) is 0 Å². The predicted octanol–water partition coefficient (Wildman–Crippen LogP) is 4.99. The Labute approximate surface area is 125 Å². The SMILES string of the molecule is Cc1cc(C(O)C2(c3ccccc3)CCCCC2)cs1. The zero-order valence-corrected chi connectivity index (χ0v) is 12.8. The Hall–Kier alpha value is -1.12. The summed E-state index contributed by atoms with van der Waals surface area (Å²) in [7, 11) is 0. The lowest BCUT2D eigenvalue weighted by atomic mass is 9.65. The molecule has 0 spiro atoms. The normalized spacial score (nSPS) is 19.7. The highest BCUT2D eigenvalue weighted by Gasteiger charge is 2.41. The third kappa shape index (κ3) is 2.43. The summed E-state index contributed by atoms with van der Waals surface area (Å²) in [5.74, 6) is 0. The summed E-state index contributed by atoms with van der Waals surface area (Å²) in [6.45, 7) is 2.11. The summed E-state index contributed by atoms with van der Waals surface area (Å²) in [5, 5.41) is 13.2.